The summed E-state index contributed by atoms with van der Waals surface area (Å²) in [6.07, 6.45) is 5.43. The van der Waals surface area contributed by atoms with Crippen molar-refractivity contribution in [3.8, 4) is 12.3 Å². The van der Waals surface area contributed by atoms with Crippen molar-refractivity contribution < 1.29 is 0 Å². The molecule has 0 saturated carbocycles. The van der Waals surface area contributed by atoms with Gasteiger partial charge in [0.15, 0.2) is 0 Å². The van der Waals surface area contributed by atoms with E-state index in [1.807, 2.05) is 0 Å². The summed E-state index contributed by atoms with van der Waals surface area (Å²) in [5.74, 6) is 2.75. The molecule has 1 aliphatic heterocycles. The topological polar surface area (TPSA) is 6.48 Å². The fourth-order valence-electron chi connectivity index (χ4n) is 3.19. The lowest BCUT2D eigenvalue weighted by Crippen LogP contribution is -2.47. The van der Waals surface area contributed by atoms with Gasteiger partial charge < -0.3 is 0 Å². The molecule has 0 spiro atoms. The molecule has 0 atom stereocenters. The molecule has 0 aliphatic carbocycles. The van der Waals surface area contributed by atoms with E-state index in [1.165, 1.54) is 11.1 Å². The van der Waals surface area contributed by atoms with Crippen molar-refractivity contribution in [2.24, 2.45) is 0 Å². The maximum Gasteiger partial charge on any atom is 0.0602 e. The minimum absolute atomic E-state index is 0.329. The summed E-state index contributed by atoms with van der Waals surface area (Å²) in [7, 11) is 0. The summed E-state index contributed by atoms with van der Waals surface area (Å²) >= 11 is 0. The van der Waals surface area contributed by atoms with Crippen LogP contribution in [0.3, 0.4) is 0 Å². The predicted octanol–water partition coefficient (Wildman–Crippen LogP) is 3.03. The van der Waals surface area contributed by atoms with Crippen molar-refractivity contribution >= 4 is 0 Å². The first-order valence-corrected chi connectivity index (χ1v) is 7.88. The van der Waals surface area contributed by atoms with Gasteiger partial charge in [-0.15, -0.1) is 6.42 Å². The first-order valence-electron chi connectivity index (χ1n) is 7.88. The molecule has 1 aliphatic rings. The van der Waals surface area contributed by atoms with Crippen LogP contribution in [0.1, 0.15) is 17.2 Å². The molecular formula is C20H22N2. The van der Waals surface area contributed by atoms with E-state index in [2.05, 4.69) is 76.4 Å². The number of piperazine rings is 1. The number of hydrogen-bond acceptors (Lipinski definition) is 2. The van der Waals surface area contributed by atoms with Gasteiger partial charge in [-0.1, -0.05) is 66.6 Å². The van der Waals surface area contributed by atoms with Gasteiger partial charge in [-0.2, -0.15) is 0 Å². The molecule has 1 heterocycles. The molecule has 1 saturated heterocycles. The zero-order chi connectivity index (χ0) is 15.2. The third-order valence-corrected chi connectivity index (χ3v) is 4.32. The number of rotatable bonds is 4. The van der Waals surface area contributed by atoms with Crippen LogP contribution in [0.25, 0.3) is 0 Å². The number of benzene rings is 2. The SMILES string of the molecule is C#CCN1CCN(C(c2ccccc2)c2ccccc2)CC1. The van der Waals surface area contributed by atoms with E-state index in [-0.39, 0.29) is 0 Å². The Bertz CT molecular complexity index is 568. The first-order chi connectivity index (χ1) is 10.9. The zero-order valence-corrected chi connectivity index (χ0v) is 12.9. The first kappa shape index (κ1) is 14.8. The van der Waals surface area contributed by atoms with Crippen molar-refractivity contribution in [3.05, 3.63) is 71.8 Å². The Kier molecular flexibility index (Phi) is 4.90. The molecule has 2 heteroatoms. The molecule has 112 valence electrons. The summed E-state index contributed by atoms with van der Waals surface area (Å²) in [5.41, 5.74) is 2.72. The summed E-state index contributed by atoms with van der Waals surface area (Å²) in [6, 6.07) is 21.9. The quantitative estimate of drug-likeness (QED) is 0.799. The van der Waals surface area contributed by atoms with Crippen molar-refractivity contribution in [2.45, 2.75) is 6.04 Å². The third kappa shape index (κ3) is 3.39. The summed E-state index contributed by atoms with van der Waals surface area (Å²) in [4.78, 5) is 4.92. The van der Waals surface area contributed by atoms with Crippen LogP contribution in [0.4, 0.5) is 0 Å². The monoisotopic (exact) mass is 290 g/mol. The van der Waals surface area contributed by atoms with E-state index < -0.39 is 0 Å². The van der Waals surface area contributed by atoms with E-state index in [1.54, 1.807) is 0 Å². The minimum Gasteiger partial charge on any atom is -0.290 e. The van der Waals surface area contributed by atoms with Gasteiger partial charge in [0, 0.05) is 26.2 Å². The lowest BCUT2D eigenvalue weighted by atomic mass is 9.96. The number of nitrogens with zero attached hydrogens (tertiary/aromatic N) is 2. The fourth-order valence-corrected chi connectivity index (χ4v) is 3.19. The molecule has 3 rings (SSSR count). The van der Waals surface area contributed by atoms with Gasteiger partial charge in [-0.25, -0.2) is 0 Å². The van der Waals surface area contributed by atoms with Gasteiger partial charge in [-0.05, 0) is 11.1 Å². The van der Waals surface area contributed by atoms with Crippen LogP contribution in [-0.4, -0.2) is 42.5 Å². The second-order valence-electron chi connectivity index (χ2n) is 5.74. The lowest BCUT2D eigenvalue weighted by molar-refractivity contribution is 0.119. The van der Waals surface area contributed by atoms with Crippen LogP contribution >= 0.6 is 0 Å². The van der Waals surface area contributed by atoms with Crippen molar-refractivity contribution in [3.63, 3.8) is 0 Å². The Morgan fingerprint density at radius 1 is 0.818 bits per heavy atom. The molecule has 2 aromatic rings. The van der Waals surface area contributed by atoms with E-state index in [4.69, 9.17) is 6.42 Å². The maximum absolute atomic E-state index is 5.43. The summed E-state index contributed by atoms with van der Waals surface area (Å²) in [5, 5.41) is 0. The second-order valence-corrected chi connectivity index (χ2v) is 5.74. The van der Waals surface area contributed by atoms with Gasteiger partial charge in [-0.3, -0.25) is 9.80 Å². The largest absolute Gasteiger partial charge is 0.290 e. The standard InChI is InChI=1S/C20H22N2/c1-2-13-21-14-16-22(17-15-21)20(18-9-5-3-6-10-18)19-11-7-4-8-12-19/h1,3-12,20H,13-17H2. The summed E-state index contributed by atoms with van der Waals surface area (Å²) < 4.78 is 0. The molecule has 0 radical (unpaired) electrons. The van der Waals surface area contributed by atoms with Crippen molar-refractivity contribution in [2.75, 3.05) is 32.7 Å². The van der Waals surface area contributed by atoms with E-state index >= 15 is 0 Å². The fraction of sp³-hybridized carbons (Fsp3) is 0.300. The van der Waals surface area contributed by atoms with Gasteiger partial charge in [0.1, 0.15) is 0 Å². The molecular weight excluding hydrogens is 268 g/mol. The highest BCUT2D eigenvalue weighted by atomic mass is 15.3. The molecule has 0 bridgehead atoms. The van der Waals surface area contributed by atoms with Crippen LogP contribution in [-0.2, 0) is 0 Å². The van der Waals surface area contributed by atoms with Crippen LogP contribution in [0.5, 0.6) is 0 Å². The highest BCUT2D eigenvalue weighted by Crippen LogP contribution is 2.29. The maximum atomic E-state index is 5.43. The van der Waals surface area contributed by atoms with E-state index in [0.717, 1.165) is 32.7 Å². The number of hydrogen-bond donors (Lipinski definition) is 0. The van der Waals surface area contributed by atoms with Gasteiger partial charge in [0.25, 0.3) is 0 Å². The van der Waals surface area contributed by atoms with E-state index in [0.29, 0.717) is 6.04 Å². The molecule has 2 nitrogen and oxygen atoms in total. The lowest BCUT2D eigenvalue weighted by Gasteiger charge is -2.39. The Hall–Kier alpha value is -2.08. The Balaban J connectivity index is 1.83. The van der Waals surface area contributed by atoms with Crippen molar-refractivity contribution in [1.29, 1.82) is 0 Å². The Morgan fingerprint density at radius 2 is 1.32 bits per heavy atom. The molecule has 0 N–H and O–H groups in total. The van der Waals surface area contributed by atoms with Gasteiger partial charge in [0.05, 0.1) is 12.6 Å². The average Bonchev–Trinajstić information content (AvgIpc) is 2.59. The zero-order valence-electron chi connectivity index (χ0n) is 12.9. The van der Waals surface area contributed by atoms with Crippen LogP contribution in [0, 0.1) is 12.3 Å². The Morgan fingerprint density at radius 3 is 1.77 bits per heavy atom. The average molecular weight is 290 g/mol. The van der Waals surface area contributed by atoms with Crippen LogP contribution < -0.4 is 0 Å². The van der Waals surface area contributed by atoms with Gasteiger partial charge >= 0.3 is 0 Å². The predicted molar refractivity (Wildman–Crippen MR) is 91.6 cm³/mol. The Labute approximate surface area is 133 Å². The third-order valence-electron chi connectivity index (χ3n) is 4.32. The molecule has 2 aromatic carbocycles. The van der Waals surface area contributed by atoms with E-state index in [9.17, 15) is 0 Å². The van der Waals surface area contributed by atoms with Crippen LogP contribution in [0.15, 0.2) is 60.7 Å². The smallest absolute Gasteiger partial charge is 0.0602 e. The van der Waals surface area contributed by atoms with Crippen molar-refractivity contribution in [1.82, 2.24) is 9.80 Å². The molecule has 0 amide bonds. The normalized spacial score (nSPS) is 16.5. The minimum atomic E-state index is 0.329. The molecule has 0 aromatic heterocycles. The summed E-state index contributed by atoms with van der Waals surface area (Å²) in [6.45, 7) is 4.95. The highest BCUT2D eigenvalue weighted by molar-refractivity contribution is 5.31. The highest BCUT2D eigenvalue weighted by Gasteiger charge is 2.25. The van der Waals surface area contributed by atoms with Crippen LogP contribution in [0.2, 0.25) is 0 Å². The second kappa shape index (κ2) is 7.26. The van der Waals surface area contributed by atoms with Gasteiger partial charge in [0.2, 0.25) is 0 Å². The number of terminal acetylenes is 1. The molecule has 22 heavy (non-hydrogen) atoms. The molecule has 1 fully saturated rings. The molecule has 0 unspecified atom stereocenters.